The van der Waals surface area contributed by atoms with Crippen molar-refractivity contribution in [2.75, 3.05) is 31.1 Å². The van der Waals surface area contributed by atoms with E-state index in [1.54, 1.807) is 4.68 Å². The van der Waals surface area contributed by atoms with E-state index in [4.69, 9.17) is 4.98 Å². The van der Waals surface area contributed by atoms with Crippen molar-refractivity contribution in [3.63, 3.8) is 0 Å². The van der Waals surface area contributed by atoms with Gasteiger partial charge in [-0.3, -0.25) is 4.79 Å². The van der Waals surface area contributed by atoms with E-state index in [0.717, 1.165) is 36.0 Å². The van der Waals surface area contributed by atoms with E-state index in [2.05, 4.69) is 39.3 Å². The zero-order valence-corrected chi connectivity index (χ0v) is 18.2. The fraction of sp³-hybridized carbons (Fsp3) is 0.455. The third kappa shape index (κ3) is 4.87. The molecule has 1 unspecified atom stereocenters. The minimum Gasteiger partial charge on any atom is -0.353 e. The van der Waals surface area contributed by atoms with Gasteiger partial charge in [-0.2, -0.15) is 0 Å². The average molecular weight is 421 g/mol. The summed E-state index contributed by atoms with van der Waals surface area (Å²) in [4.78, 5) is 26.8. The maximum atomic E-state index is 13.4. The fourth-order valence-electron chi connectivity index (χ4n) is 3.80. The molecule has 1 aliphatic heterocycles. The standard InChI is InChI=1S/C22H28N8O/c1-16(2)21-24-17(3)13-20(25-21)28-9-11-29(12-10-28)22(31)19(30-15-23-26-27-30)14-18-7-5-4-6-8-18/h4-8,13,15-16,19H,9-12,14H2,1-3H3. The summed E-state index contributed by atoms with van der Waals surface area (Å²) in [6.07, 6.45) is 2.06. The van der Waals surface area contributed by atoms with Crippen LogP contribution in [0.25, 0.3) is 0 Å². The summed E-state index contributed by atoms with van der Waals surface area (Å²) in [5.74, 6) is 2.11. The molecule has 0 aliphatic carbocycles. The zero-order chi connectivity index (χ0) is 21.8. The summed E-state index contributed by atoms with van der Waals surface area (Å²) in [5.41, 5.74) is 2.04. The predicted molar refractivity (Wildman–Crippen MR) is 117 cm³/mol. The molecule has 4 rings (SSSR count). The first-order chi connectivity index (χ1) is 15.0. The molecule has 9 heteroatoms. The maximum absolute atomic E-state index is 13.4. The zero-order valence-electron chi connectivity index (χ0n) is 18.2. The number of benzene rings is 1. The Kier molecular flexibility index (Phi) is 6.20. The molecule has 2 aromatic heterocycles. The SMILES string of the molecule is Cc1cc(N2CCN(C(=O)C(Cc3ccccc3)n3cnnn3)CC2)nc(C(C)C)n1. The van der Waals surface area contributed by atoms with Gasteiger partial charge in [-0.1, -0.05) is 44.2 Å². The Balaban J connectivity index is 1.46. The monoisotopic (exact) mass is 420 g/mol. The van der Waals surface area contributed by atoms with E-state index in [1.165, 1.54) is 6.33 Å². The lowest BCUT2D eigenvalue weighted by Gasteiger charge is -2.37. The summed E-state index contributed by atoms with van der Waals surface area (Å²) >= 11 is 0. The van der Waals surface area contributed by atoms with E-state index in [1.807, 2.05) is 48.2 Å². The summed E-state index contributed by atoms with van der Waals surface area (Å²) in [7, 11) is 0. The van der Waals surface area contributed by atoms with Crippen LogP contribution in [0.1, 0.15) is 42.9 Å². The van der Waals surface area contributed by atoms with Crippen LogP contribution in [0.3, 0.4) is 0 Å². The molecule has 1 fully saturated rings. The number of hydrogen-bond acceptors (Lipinski definition) is 7. The van der Waals surface area contributed by atoms with Crippen LogP contribution in [0.2, 0.25) is 0 Å². The van der Waals surface area contributed by atoms with Gasteiger partial charge in [0.1, 0.15) is 24.0 Å². The number of rotatable bonds is 6. The van der Waals surface area contributed by atoms with Crippen molar-refractivity contribution in [1.29, 1.82) is 0 Å². The molecule has 1 aromatic carbocycles. The Morgan fingerprint density at radius 1 is 1.06 bits per heavy atom. The molecule has 3 aromatic rings. The van der Waals surface area contributed by atoms with Gasteiger partial charge < -0.3 is 9.80 Å². The van der Waals surface area contributed by atoms with Crippen LogP contribution >= 0.6 is 0 Å². The summed E-state index contributed by atoms with van der Waals surface area (Å²) < 4.78 is 1.56. The van der Waals surface area contributed by atoms with Gasteiger partial charge in [0, 0.05) is 50.3 Å². The quantitative estimate of drug-likeness (QED) is 0.602. The van der Waals surface area contributed by atoms with Crippen LogP contribution in [-0.4, -0.2) is 67.2 Å². The number of carbonyl (C=O) groups excluding carboxylic acids is 1. The summed E-state index contributed by atoms with van der Waals surface area (Å²) in [6.45, 7) is 8.92. The second kappa shape index (κ2) is 9.20. The van der Waals surface area contributed by atoms with Crippen molar-refractivity contribution in [1.82, 2.24) is 35.1 Å². The topological polar surface area (TPSA) is 92.9 Å². The number of aryl methyl sites for hydroxylation is 1. The molecular formula is C22H28N8O. The second-order valence-corrected chi connectivity index (χ2v) is 8.19. The predicted octanol–water partition coefficient (Wildman–Crippen LogP) is 2.03. The minimum absolute atomic E-state index is 0.0394. The number of piperazine rings is 1. The van der Waals surface area contributed by atoms with E-state index in [-0.39, 0.29) is 11.8 Å². The average Bonchev–Trinajstić information content (AvgIpc) is 3.32. The molecular weight excluding hydrogens is 392 g/mol. The lowest BCUT2D eigenvalue weighted by atomic mass is 10.0. The van der Waals surface area contributed by atoms with E-state index >= 15 is 0 Å². The minimum atomic E-state index is -0.460. The number of tetrazole rings is 1. The summed E-state index contributed by atoms with van der Waals surface area (Å²) in [6, 6.07) is 11.5. The van der Waals surface area contributed by atoms with E-state index in [0.29, 0.717) is 19.5 Å². The highest BCUT2D eigenvalue weighted by Gasteiger charge is 2.30. The molecule has 0 spiro atoms. The van der Waals surface area contributed by atoms with Gasteiger partial charge in [0.2, 0.25) is 5.91 Å². The van der Waals surface area contributed by atoms with Gasteiger partial charge in [-0.05, 0) is 22.9 Å². The number of nitrogens with zero attached hydrogens (tertiary/aromatic N) is 8. The summed E-state index contributed by atoms with van der Waals surface area (Å²) in [5, 5.41) is 11.5. The first kappa shape index (κ1) is 20.9. The Morgan fingerprint density at radius 2 is 1.81 bits per heavy atom. The smallest absolute Gasteiger partial charge is 0.248 e. The van der Waals surface area contributed by atoms with Crippen molar-refractivity contribution in [2.24, 2.45) is 0 Å². The van der Waals surface area contributed by atoms with Crippen LogP contribution in [0.15, 0.2) is 42.7 Å². The normalized spacial score (nSPS) is 15.4. The first-order valence-corrected chi connectivity index (χ1v) is 10.7. The van der Waals surface area contributed by atoms with Gasteiger partial charge in [0.25, 0.3) is 0 Å². The molecule has 9 nitrogen and oxygen atoms in total. The van der Waals surface area contributed by atoms with Crippen LogP contribution in [0, 0.1) is 6.92 Å². The molecule has 3 heterocycles. The van der Waals surface area contributed by atoms with E-state index in [9.17, 15) is 4.79 Å². The molecule has 31 heavy (non-hydrogen) atoms. The Hall–Kier alpha value is -3.36. The molecule has 0 bridgehead atoms. The third-order valence-electron chi connectivity index (χ3n) is 5.53. The van der Waals surface area contributed by atoms with Gasteiger partial charge in [-0.25, -0.2) is 14.6 Å². The lowest BCUT2D eigenvalue weighted by molar-refractivity contribution is -0.135. The second-order valence-electron chi connectivity index (χ2n) is 8.19. The Bertz CT molecular complexity index is 998. The van der Waals surface area contributed by atoms with Crippen LogP contribution < -0.4 is 4.90 Å². The molecule has 162 valence electrons. The molecule has 0 N–H and O–H groups in total. The Labute approximate surface area is 182 Å². The van der Waals surface area contributed by atoms with Crippen molar-refractivity contribution < 1.29 is 4.79 Å². The van der Waals surface area contributed by atoms with Crippen molar-refractivity contribution in [2.45, 2.75) is 39.2 Å². The number of carbonyl (C=O) groups is 1. The van der Waals surface area contributed by atoms with Crippen molar-refractivity contribution in [3.05, 3.63) is 59.8 Å². The van der Waals surface area contributed by atoms with Gasteiger partial charge >= 0.3 is 0 Å². The molecule has 1 amide bonds. The highest BCUT2D eigenvalue weighted by Crippen LogP contribution is 2.21. The number of anilines is 1. The maximum Gasteiger partial charge on any atom is 0.248 e. The number of amides is 1. The van der Waals surface area contributed by atoms with Crippen molar-refractivity contribution in [3.8, 4) is 0 Å². The highest BCUT2D eigenvalue weighted by molar-refractivity contribution is 5.81. The molecule has 0 saturated carbocycles. The van der Waals surface area contributed by atoms with Crippen LogP contribution in [0.4, 0.5) is 5.82 Å². The molecule has 0 radical (unpaired) electrons. The van der Waals surface area contributed by atoms with Crippen LogP contribution in [-0.2, 0) is 11.2 Å². The fourth-order valence-corrected chi connectivity index (χ4v) is 3.80. The largest absolute Gasteiger partial charge is 0.353 e. The Morgan fingerprint density at radius 3 is 2.45 bits per heavy atom. The number of hydrogen-bond donors (Lipinski definition) is 0. The van der Waals surface area contributed by atoms with Gasteiger partial charge in [0.05, 0.1) is 0 Å². The molecule has 1 aliphatic rings. The molecule has 1 saturated heterocycles. The highest BCUT2D eigenvalue weighted by atomic mass is 16.2. The number of aromatic nitrogens is 6. The van der Waals surface area contributed by atoms with Gasteiger partial charge in [0.15, 0.2) is 0 Å². The van der Waals surface area contributed by atoms with Crippen molar-refractivity contribution >= 4 is 11.7 Å². The van der Waals surface area contributed by atoms with E-state index < -0.39 is 6.04 Å². The van der Waals surface area contributed by atoms with Gasteiger partial charge in [-0.15, -0.1) is 5.10 Å². The van der Waals surface area contributed by atoms with Crippen LogP contribution in [0.5, 0.6) is 0 Å². The third-order valence-corrected chi connectivity index (χ3v) is 5.53. The first-order valence-electron chi connectivity index (χ1n) is 10.7. The molecule has 1 atom stereocenters. The lowest BCUT2D eigenvalue weighted by Crippen LogP contribution is -2.51.